The lowest BCUT2D eigenvalue weighted by molar-refractivity contribution is 0.295. The fourth-order valence-electron chi connectivity index (χ4n) is 2.15. The number of hydrogen-bond acceptors (Lipinski definition) is 3. The monoisotopic (exact) mass is 257 g/mol. The molecule has 1 aromatic heterocycles. The molecule has 100 valence electrons. The lowest BCUT2D eigenvalue weighted by Crippen LogP contribution is -2.05. The van der Waals surface area contributed by atoms with E-state index in [2.05, 4.69) is 9.55 Å². The Morgan fingerprint density at radius 1 is 1.37 bits per heavy atom. The maximum Gasteiger partial charge on any atom is 0.130 e. The second kappa shape index (κ2) is 5.05. The highest BCUT2D eigenvalue weighted by molar-refractivity contribution is 5.28. The van der Waals surface area contributed by atoms with Crippen molar-refractivity contribution >= 4 is 0 Å². The molecule has 0 radical (unpaired) electrons. The summed E-state index contributed by atoms with van der Waals surface area (Å²) in [4.78, 5) is 4.20. The molecule has 1 saturated carbocycles. The van der Waals surface area contributed by atoms with Crippen LogP contribution < -0.4 is 10.5 Å². The maximum absolute atomic E-state index is 5.82. The topological polar surface area (TPSA) is 53.1 Å². The molecule has 3 rings (SSSR count). The molecular formula is C15H19N3O. The summed E-state index contributed by atoms with van der Waals surface area (Å²) < 4.78 is 8.02. The van der Waals surface area contributed by atoms with Gasteiger partial charge in [0, 0.05) is 12.1 Å². The van der Waals surface area contributed by atoms with Crippen molar-refractivity contribution in [2.45, 2.75) is 38.5 Å². The van der Waals surface area contributed by atoms with Gasteiger partial charge in [-0.1, -0.05) is 12.1 Å². The van der Waals surface area contributed by atoms with Gasteiger partial charge in [0.25, 0.3) is 0 Å². The summed E-state index contributed by atoms with van der Waals surface area (Å²) in [6.07, 6.45) is 6.29. The minimum atomic E-state index is 0.0605. The molecule has 0 aliphatic heterocycles. The fraction of sp³-hybridized carbons (Fsp3) is 0.400. The number of aromatic nitrogens is 2. The minimum Gasteiger partial charge on any atom is -0.487 e. The Balaban J connectivity index is 1.63. The summed E-state index contributed by atoms with van der Waals surface area (Å²) in [6.45, 7) is 2.54. The number of nitrogens with zero attached hydrogens (tertiary/aromatic N) is 2. The number of imidazole rings is 1. The highest BCUT2D eigenvalue weighted by Crippen LogP contribution is 2.35. The number of hydrogen-bond donors (Lipinski definition) is 1. The van der Waals surface area contributed by atoms with Crippen LogP contribution in [-0.2, 0) is 6.61 Å². The van der Waals surface area contributed by atoms with Crippen molar-refractivity contribution in [2.75, 3.05) is 0 Å². The number of ether oxygens (including phenoxy) is 1. The first kappa shape index (κ1) is 12.2. The Hall–Kier alpha value is -1.81. The molecule has 1 aromatic carbocycles. The van der Waals surface area contributed by atoms with Crippen LogP contribution in [0.4, 0.5) is 0 Å². The number of nitrogens with two attached hydrogens (primary N) is 1. The second-order valence-electron chi connectivity index (χ2n) is 5.17. The minimum absolute atomic E-state index is 0.0605. The predicted molar refractivity (Wildman–Crippen MR) is 73.9 cm³/mol. The maximum atomic E-state index is 5.82. The molecule has 1 unspecified atom stereocenters. The van der Waals surface area contributed by atoms with E-state index >= 15 is 0 Å². The van der Waals surface area contributed by atoms with Crippen molar-refractivity contribution in [3.05, 3.63) is 48.0 Å². The first-order chi connectivity index (χ1) is 9.24. The third-order valence-corrected chi connectivity index (χ3v) is 3.48. The van der Waals surface area contributed by atoms with Gasteiger partial charge in [-0.15, -0.1) is 0 Å². The zero-order valence-corrected chi connectivity index (χ0v) is 11.1. The quantitative estimate of drug-likeness (QED) is 0.896. The van der Waals surface area contributed by atoms with Gasteiger partial charge in [0.1, 0.15) is 12.4 Å². The summed E-state index contributed by atoms with van der Waals surface area (Å²) in [6, 6.07) is 8.66. The highest BCUT2D eigenvalue weighted by Gasteiger charge is 2.25. The molecule has 1 aliphatic rings. The molecule has 0 saturated heterocycles. The summed E-state index contributed by atoms with van der Waals surface area (Å²) in [5, 5.41) is 0. The normalized spacial score (nSPS) is 16.3. The van der Waals surface area contributed by atoms with Gasteiger partial charge in [-0.25, -0.2) is 4.98 Å². The van der Waals surface area contributed by atoms with Gasteiger partial charge in [0.05, 0.1) is 18.2 Å². The van der Waals surface area contributed by atoms with Crippen molar-refractivity contribution in [2.24, 2.45) is 5.73 Å². The third kappa shape index (κ3) is 2.79. The van der Waals surface area contributed by atoms with Crippen molar-refractivity contribution < 1.29 is 4.74 Å². The van der Waals surface area contributed by atoms with E-state index in [0.717, 1.165) is 17.0 Å². The van der Waals surface area contributed by atoms with Crippen LogP contribution in [0.3, 0.4) is 0 Å². The Labute approximate surface area is 113 Å². The smallest absolute Gasteiger partial charge is 0.130 e. The molecular weight excluding hydrogens is 238 g/mol. The van der Waals surface area contributed by atoms with Gasteiger partial charge in [-0.3, -0.25) is 0 Å². The van der Waals surface area contributed by atoms with Crippen LogP contribution in [-0.4, -0.2) is 9.55 Å². The van der Waals surface area contributed by atoms with E-state index in [-0.39, 0.29) is 6.04 Å². The zero-order valence-electron chi connectivity index (χ0n) is 11.1. The van der Waals surface area contributed by atoms with Gasteiger partial charge >= 0.3 is 0 Å². The van der Waals surface area contributed by atoms with E-state index in [1.54, 1.807) is 0 Å². The van der Waals surface area contributed by atoms with E-state index in [9.17, 15) is 0 Å². The summed E-state index contributed by atoms with van der Waals surface area (Å²) in [5.74, 6) is 0.868. The average Bonchev–Trinajstić information content (AvgIpc) is 3.16. The number of rotatable bonds is 5. The van der Waals surface area contributed by atoms with Crippen LogP contribution in [0.5, 0.6) is 5.75 Å². The first-order valence-electron chi connectivity index (χ1n) is 6.73. The van der Waals surface area contributed by atoms with E-state index in [1.807, 2.05) is 43.7 Å². The van der Waals surface area contributed by atoms with Crippen LogP contribution in [0, 0.1) is 0 Å². The lowest BCUT2D eigenvalue weighted by atomic mass is 10.1. The molecule has 0 bridgehead atoms. The predicted octanol–water partition coefficient (Wildman–Crippen LogP) is 2.82. The summed E-state index contributed by atoms with van der Waals surface area (Å²) >= 11 is 0. The summed E-state index contributed by atoms with van der Waals surface area (Å²) in [7, 11) is 0. The van der Waals surface area contributed by atoms with Crippen molar-refractivity contribution in [1.29, 1.82) is 0 Å². The molecule has 0 spiro atoms. The third-order valence-electron chi connectivity index (χ3n) is 3.48. The Morgan fingerprint density at radius 2 is 2.11 bits per heavy atom. The SMILES string of the molecule is CC(N)c1ccc(OCc2cncn2C2CC2)cc1. The van der Waals surface area contributed by atoms with Crippen LogP contribution >= 0.6 is 0 Å². The van der Waals surface area contributed by atoms with E-state index in [1.165, 1.54) is 12.8 Å². The lowest BCUT2D eigenvalue weighted by Gasteiger charge is -2.10. The zero-order chi connectivity index (χ0) is 13.2. The molecule has 2 aromatic rings. The molecule has 4 nitrogen and oxygen atoms in total. The Kier molecular flexibility index (Phi) is 3.25. The molecule has 4 heteroatoms. The van der Waals surface area contributed by atoms with Gasteiger partial charge in [-0.2, -0.15) is 0 Å². The van der Waals surface area contributed by atoms with Crippen LogP contribution in [0.15, 0.2) is 36.8 Å². The van der Waals surface area contributed by atoms with Gasteiger partial charge in [0.2, 0.25) is 0 Å². The molecule has 1 fully saturated rings. The summed E-state index contributed by atoms with van der Waals surface area (Å²) in [5.41, 5.74) is 8.08. The second-order valence-corrected chi connectivity index (χ2v) is 5.17. The van der Waals surface area contributed by atoms with Crippen LogP contribution in [0.2, 0.25) is 0 Å². The molecule has 1 atom stereocenters. The average molecular weight is 257 g/mol. The Morgan fingerprint density at radius 3 is 2.74 bits per heavy atom. The fourth-order valence-corrected chi connectivity index (χ4v) is 2.15. The van der Waals surface area contributed by atoms with Crippen LogP contribution in [0.25, 0.3) is 0 Å². The molecule has 0 amide bonds. The van der Waals surface area contributed by atoms with Gasteiger partial charge in [-0.05, 0) is 37.5 Å². The molecule has 1 heterocycles. The largest absolute Gasteiger partial charge is 0.487 e. The van der Waals surface area contributed by atoms with Gasteiger partial charge in [0.15, 0.2) is 0 Å². The standard InChI is InChI=1S/C15H19N3O/c1-11(16)12-2-6-15(7-3-12)19-9-14-8-17-10-18(14)13-4-5-13/h2-3,6-8,10-11,13H,4-5,9,16H2,1H3. The molecule has 2 N–H and O–H groups in total. The Bertz CT molecular complexity index is 541. The molecule has 19 heavy (non-hydrogen) atoms. The van der Waals surface area contributed by atoms with E-state index in [4.69, 9.17) is 10.5 Å². The number of benzene rings is 1. The van der Waals surface area contributed by atoms with E-state index < -0.39 is 0 Å². The van der Waals surface area contributed by atoms with Crippen molar-refractivity contribution in [3.8, 4) is 5.75 Å². The van der Waals surface area contributed by atoms with Crippen LogP contribution in [0.1, 0.15) is 43.1 Å². The van der Waals surface area contributed by atoms with Crippen molar-refractivity contribution in [1.82, 2.24) is 9.55 Å². The van der Waals surface area contributed by atoms with Crippen molar-refractivity contribution in [3.63, 3.8) is 0 Å². The first-order valence-corrected chi connectivity index (χ1v) is 6.73. The van der Waals surface area contributed by atoms with E-state index in [0.29, 0.717) is 12.6 Å². The van der Waals surface area contributed by atoms with Gasteiger partial charge < -0.3 is 15.0 Å². The highest BCUT2D eigenvalue weighted by atomic mass is 16.5. The molecule has 1 aliphatic carbocycles.